The van der Waals surface area contributed by atoms with E-state index in [2.05, 4.69) is 21.1 Å². The first-order chi connectivity index (χ1) is 6.36. The Kier molecular flexibility index (Phi) is 1.41. The van der Waals surface area contributed by atoms with Crippen LogP contribution < -0.4 is 0 Å². The number of aromatic nitrogens is 1. The smallest absolute Gasteiger partial charge is 0.205 e. The normalized spacial score (nSPS) is 13.9. The van der Waals surface area contributed by atoms with Crippen LogP contribution in [0.4, 0.5) is 0 Å². The molecule has 2 aromatic rings. The van der Waals surface area contributed by atoms with Crippen LogP contribution in [0.3, 0.4) is 0 Å². The summed E-state index contributed by atoms with van der Waals surface area (Å²) < 4.78 is 11.5. The quantitative estimate of drug-likeness (QED) is 0.710. The number of halogens is 1. The van der Waals surface area contributed by atoms with E-state index in [1.165, 1.54) is 5.56 Å². The molecular weight excluding hydrogens is 234 g/mol. The van der Waals surface area contributed by atoms with Crippen molar-refractivity contribution in [2.45, 2.75) is 12.8 Å². The standard InChI is InChI=1S/C9H6BrNO2/c10-7-4-12-9-6(7)2-1-5-3-11-13-8(5)9/h3-4H,1-2H2. The molecule has 4 heteroatoms. The molecule has 3 rings (SSSR count). The molecule has 0 saturated heterocycles. The maximum absolute atomic E-state index is 5.39. The second-order valence-corrected chi connectivity index (χ2v) is 3.93. The van der Waals surface area contributed by atoms with Crippen molar-refractivity contribution in [3.05, 3.63) is 28.1 Å². The highest BCUT2D eigenvalue weighted by Crippen LogP contribution is 2.38. The maximum atomic E-state index is 5.39. The maximum Gasteiger partial charge on any atom is 0.205 e. The van der Waals surface area contributed by atoms with E-state index >= 15 is 0 Å². The van der Waals surface area contributed by atoms with Crippen molar-refractivity contribution in [3.8, 4) is 11.5 Å². The topological polar surface area (TPSA) is 39.2 Å². The van der Waals surface area contributed by atoms with E-state index in [1.807, 2.05) is 0 Å². The lowest BCUT2D eigenvalue weighted by Gasteiger charge is -2.07. The van der Waals surface area contributed by atoms with Gasteiger partial charge in [-0.2, -0.15) is 0 Å². The van der Waals surface area contributed by atoms with Gasteiger partial charge in [0.1, 0.15) is 6.26 Å². The Morgan fingerprint density at radius 2 is 2.23 bits per heavy atom. The highest BCUT2D eigenvalue weighted by Gasteiger charge is 2.25. The van der Waals surface area contributed by atoms with Gasteiger partial charge in [-0.05, 0) is 28.8 Å². The van der Waals surface area contributed by atoms with Crippen LogP contribution in [-0.2, 0) is 12.8 Å². The molecule has 0 spiro atoms. The largest absolute Gasteiger partial charge is 0.459 e. The summed E-state index contributed by atoms with van der Waals surface area (Å²) in [4.78, 5) is 0. The van der Waals surface area contributed by atoms with E-state index in [4.69, 9.17) is 8.94 Å². The third-order valence-corrected chi connectivity index (χ3v) is 3.00. The van der Waals surface area contributed by atoms with Crippen LogP contribution in [0.15, 0.2) is 25.9 Å². The van der Waals surface area contributed by atoms with Gasteiger partial charge in [-0.15, -0.1) is 0 Å². The Bertz CT molecular complexity index is 458. The highest BCUT2D eigenvalue weighted by molar-refractivity contribution is 9.10. The number of furan rings is 1. The van der Waals surface area contributed by atoms with Crippen molar-refractivity contribution in [1.29, 1.82) is 0 Å². The Labute approximate surface area is 82.8 Å². The number of nitrogens with zero attached hydrogens (tertiary/aromatic N) is 1. The lowest BCUT2D eigenvalue weighted by atomic mass is 9.98. The summed E-state index contributed by atoms with van der Waals surface area (Å²) in [7, 11) is 0. The lowest BCUT2D eigenvalue weighted by molar-refractivity contribution is 0.415. The van der Waals surface area contributed by atoms with Gasteiger partial charge in [0.05, 0.1) is 10.7 Å². The first-order valence-electron chi connectivity index (χ1n) is 4.06. The fourth-order valence-corrected chi connectivity index (χ4v) is 2.14. The SMILES string of the molecule is Brc1coc2c1CCc1cnoc1-2. The van der Waals surface area contributed by atoms with E-state index in [1.54, 1.807) is 12.5 Å². The van der Waals surface area contributed by atoms with Crippen LogP contribution in [0.5, 0.6) is 0 Å². The Hall–Kier alpha value is -1.03. The minimum absolute atomic E-state index is 0.784. The van der Waals surface area contributed by atoms with Crippen molar-refractivity contribution in [1.82, 2.24) is 5.16 Å². The van der Waals surface area contributed by atoms with E-state index in [9.17, 15) is 0 Å². The molecule has 0 saturated carbocycles. The fourth-order valence-electron chi connectivity index (χ4n) is 1.67. The van der Waals surface area contributed by atoms with Crippen LogP contribution in [0.25, 0.3) is 11.5 Å². The summed E-state index contributed by atoms with van der Waals surface area (Å²) in [5, 5.41) is 3.76. The van der Waals surface area contributed by atoms with Gasteiger partial charge in [-0.3, -0.25) is 0 Å². The zero-order chi connectivity index (χ0) is 8.84. The number of fused-ring (bicyclic) bond motifs is 3. The van der Waals surface area contributed by atoms with E-state index < -0.39 is 0 Å². The van der Waals surface area contributed by atoms with Crippen LogP contribution in [0, 0.1) is 0 Å². The van der Waals surface area contributed by atoms with Gasteiger partial charge in [-0.25, -0.2) is 0 Å². The second-order valence-electron chi connectivity index (χ2n) is 3.07. The predicted molar refractivity (Wildman–Crippen MR) is 49.3 cm³/mol. The van der Waals surface area contributed by atoms with Crippen molar-refractivity contribution in [2.75, 3.05) is 0 Å². The molecule has 1 aliphatic rings. The summed E-state index contributed by atoms with van der Waals surface area (Å²) in [6, 6.07) is 0. The Morgan fingerprint density at radius 3 is 3.15 bits per heavy atom. The molecule has 13 heavy (non-hydrogen) atoms. The third-order valence-electron chi connectivity index (χ3n) is 2.34. The van der Waals surface area contributed by atoms with Gasteiger partial charge < -0.3 is 8.94 Å². The number of aryl methyl sites for hydroxylation is 1. The molecule has 0 amide bonds. The molecule has 0 aromatic carbocycles. The minimum Gasteiger partial charge on any atom is -0.459 e. The zero-order valence-electron chi connectivity index (χ0n) is 6.71. The van der Waals surface area contributed by atoms with Crippen molar-refractivity contribution in [2.24, 2.45) is 0 Å². The van der Waals surface area contributed by atoms with Crippen molar-refractivity contribution in [3.63, 3.8) is 0 Å². The summed E-state index contributed by atoms with van der Waals surface area (Å²) in [6.07, 6.45) is 5.42. The molecule has 66 valence electrons. The number of hydrogen-bond acceptors (Lipinski definition) is 3. The third kappa shape index (κ3) is 0.920. The summed E-state index contributed by atoms with van der Waals surface area (Å²) >= 11 is 3.44. The van der Waals surface area contributed by atoms with Gasteiger partial charge in [0, 0.05) is 11.1 Å². The van der Waals surface area contributed by atoms with Crippen LogP contribution in [0.2, 0.25) is 0 Å². The van der Waals surface area contributed by atoms with Crippen LogP contribution in [0.1, 0.15) is 11.1 Å². The van der Waals surface area contributed by atoms with Gasteiger partial charge in [0.15, 0.2) is 5.76 Å². The molecule has 0 atom stereocenters. The van der Waals surface area contributed by atoms with Crippen molar-refractivity contribution < 1.29 is 8.94 Å². The first-order valence-corrected chi connectivity index (χ1v) is 4.85. The molecule has 0 bridgehead atoms. The van der Waals surface area contributed by atoms with E-state index in [-0.39, 0.29) is 0 Å². The highest BCUT2D eigenvalue weighted by atomic mass is 79.9. The number of hydrogen-bond donors (Lipinski definition) is 0. The Morgan fingerprint density at radius 1 is 1.31 bits per heavy atom. The zero-order valence-corrected chi connectivity index (χ0v) is 8.30. The molecule has 0 radical (unpaired) electrons. The van der Waals surface area contributed by atoms with E-state index in [0.717, 1.165) is 34.4 Å². The average Bonchev–Trinajstić information content (AvgIpc) is 2.70. The van der Waals surface area contributed by atoms with Crippen LogP contribution in [-0.4, -0.2) is 5.16 Å². The van der Waals surface area contributed by atoms with Gasteiger partial charge in [0.2, 0.25) is 5.76 Å². The van der Waals surface area contributed by atoms with Gasteiger partial charge >= 0.3 is 0 Å². The summed E-state index contributed by atoms with van der Waals surface area (Å²) in [5.74, 6) is 1.61. The molecule has 2 heterocycles. The summed E-state index contributed by atoms with van der Waals surface area (Å²) in [6.45, 7) is 0. The molecule has 0 N–H and O–H groups in total. The molecule has 1 aliphatic carbocycles. The van der Waals surface area contributed by atoms with Gasteiger partial charge in [0.25, 0.3) is 0 Å². The molecule has 0 aliphatic heterocycles. The molecule has 2 aromatic heterocycles. The van der Waals surface area contributed by atoms with Crippen LogP contribution >= 0.6 is 15.9 Å². The molecule has 0 fully saturated rings. The lowest BCUT2D eigenvalue weighted by Crippen LogP contribution is -1.98. The second kappa shape index (κ2) is 2.48. The van der Waals surface area contributed by atoms with Gasteiger partial charge in [-0.1, -0.05) is 5.16 Å². The molecule has 3 nitrogen and oxygen atoms in total. The minimum atomic E-state index is 0.784. The summed E-state index contributed by atoms with van der Waals surface area (Å²) in [5.41, 5.74) is 2.32. The van der Waals surface area contributed by atoms with Crippen molar-refractivity contribution >= 4 is 15.9 Å². The Balaban J connectivity index is 2.31. The number of rotatable bonds is 0. The molecule has 0 unspecified atom stereocenters. The average molecular weight is 240 g/mol. The van der Waals surface area contributed by atoms with E-state index in [0.29, 0.717) is 0 Å². The fraction of sp³-hybridized carbons (Fsp3) is 0.222. The first kappa shape index (κ1) is 7.38. The molecular formula is C9H6BrNO2. The predicted octanol–water partition coefficient (Wildman–Crippen LogP) is 2.80. The monoisotopic (exact) mass is 239 g/mol.